The molecule has 0 saturated heterocycles. The van der Waals surface area contributed by atoms with E-state index in [4.69, 9.17) is 14.8 Å². The van der Waals surface area contributed by atoms with Gasteiger partial charge in [-0.3, -0.25) is 0 Å². The van der Waals surface area contributed by atoms with Crippen LogP contribution in [0.15, 0.2) is 36.7 Å². The molecule has 92 valence electrons. The van der Waals surface area contributed by atoms with Gasteiger partial charge in [-0.25, -0.2) is 14.4 Å². The lowest BCUT2D eigenvalue weighted by atomic mass is 9.80. The molecule has 2 rings (SSSR count). The summed E-state index contributed by atoms with van der Waals surface area (Å²) in [6.45, 7) is 0.0747. The first kappa shape index (κ1) is 12.5. The van der Waals surface area contributed by atoms with Gasteiger partial charge in [-0.15, -0.1) is 0 Å². The highest BCUT2D eigenvalue weighted by Gasteiger charge is 2.13. The van der Waals surface area contributed by atoms with Crippen LogP contribution < -0.4 is 10.2 Å². The van der Waals surface area contributed by atoms with Crippen LogP contribution in [0, 0.1) is 5.82 Å². The molecule has 0 radical (unpaired) electrons. The van der Waals surface area contributed by atoms with E-state index in [1.54, 1.807) is 18.5 Å². The molecule has 0 aliphatic heterocycles. The van der Waals surface area contributed by atoms with Crippen molar-refractivity contribution >= 4 is 12.6 Å². The fraction of sp³-hybridized carbons (Fsp3) is 0.0909. The molecule has 1 heterocycles. The quantitative estimate of drug-likeness (QED) is 0.737. The van der Waals surface area contributed by atoms with Crippen LogP contribution >= 0.6 is 0 Å². The van der Waals surface area contributed by atoms with Crippen molar-refractivity contribution in [2.75, 3.05) is 0 Å². The van der Waals surface area contributed by atoms with Crippen LogP contribution in [0.5, 0.6) is 5.75 Å². The molecule has 1 aromatic carbocycles. The lowest BCUT2D eigenvalue weighted by Gasteiger charge is -2.07. The number of ether oxygens (including phenoxy) is 1. The van der Waals surface area contributed by atoms with Crippen molar-refractivity contribution in [3.8, 4) is 5.75 Å². The molecule has 2 aromatic rings. The minimum absolute atomic E-state index is 0.0268. The van der Waals surface area contributed by atoms with Gasteiger partial charge in [-0.05, 0) is 23.7 Å². The second kappa shape index (κ2) is 5.57. The lowest BCUT2D eigenvalue weighted by Crippen LogP contribution is -2.30. The first-order valence-corrected chi connectivity index (χ1v) is 5.20. The second-order valence-electron chi connectivity index (χ2n) is 3.55. The predicted molar refractivity (Wildman–Crippen MR) is 62.6 cm³/mol. The normalized spacial score (nSPS) is 10.2. The van der Waals surface area contributed by atoms with Crippen molar-refractivity contribution in [3.63, 3.8) is 0 Å². The van der Waals surface area contributed by atoms with Crippen molar-refractivity contribution < 1.29 is 19.2 Å². The molecular weight excluding hydrogens is 238 g/mol. The van der Waals surface area contributed by atoms with Crippen LogP contribution in [0.2, 0.25) is 0 Å². The Labute approximate surface area is 103 Å². The van der Waals surface area contributed by atoms with Crippen LogP contribution in [0.25, 0.3) is 0 Å². The van der Waals surface area contributed by atoms with Crippen molar-refractivity contribution in [2.45, 2.75) is 6.61 Å². The van der Waals surface area contributed by atoms with E-state index < -0.39 is 12.9 Å². The van der Waals surface area contributed by atoms with E-state index >= 15 is 0 Å². The van der Waals surface area contributed by atoms with Crippen LogP contribution in [-0.4, -0.2) is 27.1 Å². The number of aromatic nitrogens is 2. The van der Waals surface area contributed by atoms with Gasteiger partial charge in [0.15, 0.2) is 5.82 Å². The molecule has 1 aromatic heterocycles. The molecule has 0 atom stereocenters. The first-order chi connectivity index (χ1) is 8.65. The summed E-state index contributed by atoms with van der Waals surface area (Å²) in [5.74, 6) is 0.0305. The molecule has 0 aliphatic carbocycles. The Morgan fingerprint density at radius 1 is 1.17 bits per heavy atom. The SMILES string of the molecule is OB(O)c1cc(F)cc(OCc2ncccn2)c1. The zero-order valence-corrected chi connectivity index (χ0v) is 9.32. The van der Waals surface area contributed by atoms with Crippen molar-refractivity contribution in [2.24, 2.45) is 0 Å². The summed E-state index contributed by atoms with van der Waals surface area (Å²) < 4.78 is 18.5. The van der Waals surface area contributed by atoms with Gasteiger partial charge in [0.25, 0.3) is 0 Å². The molecule has 0 bridgehead atoms. The average molecular weight is 248 g/mol. The molecule has 5 nitrogen and oxygen atoms in total. The molecule has 18 heavy (non-hydrogen) atoms. The molecule has 0 saturated carbocycles. The van der Waals surface area contributed by atoms with Gasteiger partial charge in [0.05, 0.1) is 0 Å². The maximum atomic E-state index is 13.2. The minimum Gasteiger partial charge on any atom is -0.486 e. The number of benzene rings is 1. The fourth-order valence-corrected chi connectivity index (χ4v) is 1.37. The van der Waals surface area contributed by atoms with Crippen LogP contribution in [0.3, 0.4) is 0 Å². The number of hydrogen-bond donors (Lipinski definition) is 2. The monoisotopic (exact) mass is 248 g/mol. The van der Waals surface area contributed by atoms with E-state index in [2.05, 4.69) is 9.97 Å². The Hall–Kier alpha value is -1.99. The van der Waals surface area contributed by atoms with Crippen LogP contribution in [0.4, 0.5) is 4.39 Å². The summed E-state index contributed by atoms with van der Waals surface area (Å²) in [6.07, 6.45) is 3.14. The highest BCUT2D eigenvalue weighted by molar-refractivity contribution is 6.58. The fourth-order valence-electron chi connectivity index (χ4n) is 1.37. The molecule has 0 spiro atoms. The summed E-state index contributed by atoms with van der Waals surface area (Å²) in [5, 5.41) is 17.9. The molecule has 0 fully saturated rings. The summed E-state index contributed by atoms with van der Waals surface area (Å²) in [6, 6.07) is 5.19. The zero-order valence-electron chi connectivity index (χ0n) is 9.32. The van der Waals surface area contributed by atoms with Crippen LogP contribution in [-0.2, 0) is 6.61 Å². The molecule has 2 N–H and O–H groups in total. The van der Waals surface area contributed by atoms with Crippen molar-refractivity contribution in [1.29, 1.82) is 0 Å². The van der Waals surface area contributed by atoms with E-state index in [1.165, 1.54) is 6.07 Å². The average Bonchev–Trinajstić information content (AvgIpc) is 2.37. The third-order valence-electron chi connectivity index (χ3n) is 2.18. The Kier molecular flexibility index (Phi) is 3.86. The summed E-state index contributed by atoms with van der Waals surface area (Å²) in [5.41, 5.74) is 0.0268. The van der Waals surface area contributed by atoms with E-state index in [1.807, 2.05) is 0 Å². The predicted octanol–water partition coefficient (Wildman–Crippen LogP) is -0.125. The Balaban J connectivity index is 2.10. The van der Waals surface area contributed by atoms with Crippen LogP contribution in [0.1, 0.15) is 5.82 Å². The molecule has 0 amide bonds. The molecule has 0 aliphatic rings. The Morgan fingerprint density at radius 3 is 2.56 bits per heavy atom. The standard InChI is InChI=1S/C11H10BFN2O3/c13-9-4-8(12(16)17)5-10(6-9)18-7-11-14-2-1-3-15-11/h1-6,16-17H,7H2. The third kappa shape index (κ3) is 3.25. The molecule has 7 heteroatoms. The van der Waals surface area contributed by atoms with E-state index in [0.29, 0.717) is 5.82 Å². The van der Waals surface area contributed by atoms with Gasteiger partial charge in [0.1, 0.15) is 18.2 Å². The molecular formula is C11H10BFN2O3. The van der Waals surface area contributed by atoms with E-state index in [-0.39, 0.29) is 17.8 Å². The van der Waals surface area contributed by atoms with Gasteiger partial charge >= 0.3 is 7.12 Å². The van der Waals surface area contributed by atoms with Gasteiger partial charge in [0, 0.05) is 18.5 Å². The lowest BCUT2D eigenvalue weighted by molar-refractivity contribution is 0.294. The second-order valence-corrected chi connectivity index (χ2v) is 3.55. The maximum absolute atomic E-state index is 13.2. The Morgan fingerprint density at radius 2 is 1.89 bits per heavy atom. The number of hydrogen-bond acceptors (Lipinski definition) is 5. The van der Waals surface area contributed by atoms with Crippen molar-refractivity contribution in [1.82, 2.24) is 9.97 Å². The van der Waals surface area contributed by atoms with E-state index in [0.717, 1.165) is 12.1 Å². The summed E-state index contributed by atoms with van der Waals surface area (Å²) >= 11 is 0. The minimum atomic E-state index is -1.74. The Bertz CT molecular complexity index is 525. The van der Waals surface area contributed by atoms with E-state index in [9.17, 15) is 4.39 Å². The highest BCUT2D eigenvalue weighted by atomic mass is 19.1. The van der Waals surface area contributed by atoms with Gasteiger partial charge in [0.2, 0.25) is 0 Å². The summed E-state index contributed by atoms with van der Waals surface area (Å²) in [7, 11) is -1.74. The largest absolute Gasteiger partial charge is 0.488 e. The number of nitrogens with zero attached hydrogens (tertiary/aromatic N) is 2. The molecule has 0 unspecified atom stereocenters. The highest BCUT2D eigenvalue weighted by Crippen LogP contribution is 2.12. The third-order valence-corrected chi connectivity index (χ3v) is 2.18. The van der Waals surface area contributed by atoms with Gasteiger partial charge in [-0.1, -0.05) is 0 Å². The number of halogens is 1. The summed E-state index contributed by atoms with van der Waals surface area (Å²) in [4.78, 5) is 7.89. The maximum Gasteiger partial charge on any atom is 0.488 e. The number of rotatable bonds is 4. The first-order valence-electron chi connectivity index (χ1n) is 5.20. The van der Waals surface area contributed by atoms with Gasteiger partial charge < -0.3 is 14.8 Å². The van der Waals surface area contributed by atoms with Crippen molar-refractivity contribution in [3.05, 3.63) is 48.3 Å². The van der Waals surface area contributed by atoms with Gasteiger partial charge in [-0.2, -0.15) is 0 Å². The topological polar surface area (TPSA) is 75.5 Å². The zero-order chi connectivity index (χ0) is 13.0. The smallest absolute Gasteiger partial charge is 0.486 e.